The van der Waals surface area contributed by atoms with Crippen molar-refractivity contribution >= 4 is 23.0 Å². The first-order valence-electron chi connectivity index (χ1n) is 10.8. The van der Waals surface area contributed by atoms with Gasteiger partial charge in [-0.15, -0.1) is 0 Å². The predicted octanol–water partition coefficient (Wildman–Crippen LogP) is 5.64. The van der Waals surface area contributed by atoms with Crippen molar-refractivity contribution in [2.45, 2.75) is 50.6 Å². The summed E-state index contributed by atoms with van der Waals surface area (Å²) in [5.41, 5.74) is 11.4. The summed E-state index contributed by atoms with van der Waals surface area (Å²) >= 11 is 0. The molecule has 8 heteroatoms. The number of rotatable bonds is 3. The van der Waals surface area contributed by atoms with Crippen molar-refractivity contribution in [1.29, 1.82) is 0 Å². The number of anilines is 2. The van der Waals surface area contributed by atoms with Gasteiger partial charge in [0.2, 0.25) is 0 Å². The van der Waals surface area contributed by atoms with Gasteiger partial charge in [-0.2, -0.15) is 13.2 Å². The number of nitrogen functional groups attached to an aromatic ring is 1. The molecular weight excluding hydrogens is 419 g/mol. The van der Waals surface area contributed by atoms with E-state index in [1.807, 2.05) is 12.3 Å². The molecular formula is C24H28F3N3O2. The van der Waals surface area contributed by atoms with Gasteiger partial charge in [-0.25, -0.2) is 9.78 Å². The van der Waals surface area contributed by atoms with Crippen molar-refractivity contribution in [2.75, 3.05) is 23.7 Å². The molecule has 172 valence electrons. The Balaban J connectivity index is 0.000000360. The van der Waals surface area contributed by atoms with Gasteiger partial charge in [0.25, 0.3) is 0 Å². The van der Waals surface area contributed by atoms with Crippen LogP contribution >= 0.6 is 0 Å². The summed E-state index contributed by atoms with van der Waals surface area (Å²) in [7, 11) is 0. The number of nitrogens with zero attached hydrogens (tertiary/aromatic N) is 2. The van der Waals surface area contributed by atoms with Gasteiger partial charge >= 0.3 is 12.1 Å². The quantitative estimate of drug-likeness (QED) is 0.596. The normalized spacial score (nSPS) is 17.2. The van der Waals surface area contributed by atoms with Gasteiger partial charge in [0.1, 0.15) is 5.82 Å². The van der Waals surface area contributed by atoms with E-state index in [4.69, 9.17) is 15.6 Å². The molecule has 2 aliphatic rings. The lowest BCUT2D eigenvalue weighted by molar-refractivity contribution is -0.192. The van der Waals surface area contributed by atoms with Gasteiger partial charge in [0.05, 0.1) is 0 Å². The molecule has 32 heavy (non-hydrogen) atoms. The molecule has 1 aromatic carbocycles. The zero-order valence-corrected chi connectivity index (χ0v) is 17.8. The fourth-order valence-corrected chi connectivity index (χ4v) is 4.17. The lowest BCUT2D eigenvalue weighted by Crippen LogP contribution is -2.33. The standard InChI is InChI=1S/C22H27N3.C2HF3O2/c23-21-10-9-19(16-20(21)18-6-2-1-3-7-18)17-11-14-25(15-12-17)22-8-4-5-13-24-22;3-2(4,5)1(6)7/h4-6,8-10,13,16-17H,1-3,7,11-12,14-15,23H2;(H,6,7). The van der Waals surface area contributed by atoms with Crippen LogP contribution in [0.25, 0.3) is 5.57 Å². The Morgan fingerprint density at radius 3 is 2.41 bits per heavy atom. The first-order valence-corrected chi connectivity index (χ1v) is 10.8. The topological polar surface area (TPSA) is 79.5 Å². The summed E-state index contributed by atoms with van der Waals surface area (Å²) in [5.74, 6) is -1.03. The van der Waals surface area contributed by atoms with E-state index in [-0.39, 0.29) is 0 Å². The Bertz CT molecular complexity index is 937. The molecule has 1 saturated heterocycles. The second kappa shape index (κ2) is 10.5. The molecule has 4 rings (SSSR count). The second-order valence-corrected chi connectivity index (χ2v) is 8.07. The summed E-state index contributed by atoms with van der Waals surface area (Å²) in [6.45, 7) is 2.15. The largest absolute Gasteiger partial charge is 0.490 e. The third-order valence-corrected chi connectivity index (χ3v) is 5.90. The smallest absolute Gasteiger partial charge is 0.475 e. The Morgan fingerprint density at radius 2 is 1.84 bits per heavy atom. The Hall–Kier alpha value is -3.03. The highest BCUT2D eigenvalue weighted by atomic mass is 19.4. The third kappa shape index (κ3) is 6.24. The lowest BCUT2D eigenvalue weighted by Gasteiger charge is -2.33. The highest BCUT2D eigenvalue weighted by Crippen LogP contribution is 2.35. The van der Waals surface area contributed by atoms with Crippen molar-refractivity contribution in [3.05, 3.63) is 59.8 Å². The van der Waals surface area contributed by atoms with Crippen LogP contribution < -0.4 is 10.6 Å². The number of pyridine rings is 1. The highest BCUT2D eigenvalue weighted by molar-refractivity contribution is 5.76. The van der Waals surface area contributed by atoms with Gasteiger partial charge in [-0.3, -0.25) is 0 Å². The Kier molecular flexibility index (Phi) is 7.77. The SMILES string of the molecule is Nc1ccc(C2CCN(c3ccccn3)CC2)cc1C1=CCCCC1.O=C(O)C(F)(F)F. The van der Waals surface area contributed by atoms with Crippen LogP contribution in [0.3, 0.4) is 0 Å². The molecule has 1 aromatic heterocycles. The van der Waals surface area contributed by atoms with Crippen LogP contribution in [0.15, 0.2) is 48.7 Å². The minimum Gasteiger partial charge on any atom is -0.475 e. The Labute approximate surface area is 185 Å². The number of aliphatic carboxylic acids is 1. The fourth-order valence-electron chi connectivity index (χ4n) is 4.17. The summed E-state index contributed by atoms with van der Waals surface area (Å²) in [4.78, 5) is 15.8. The average Bonchev–Trinajstić information content (AvgIpc) is 2.80. The number of hydrogen-bond acceptors (Lipinski definition) is 4. The maximum atomic E-state index is 10.6. The van der Waals surface area contributed by atoms with Crippen LogP contribution in [0.4, 0.5) is 24.7 Å². The maximum Gasteiger partial charge on any atom is 0.490 e. The van der Waals surface area contributed by atoms with E-state index >= 15 is 0 Å². The minimum absolute atomic E-state index is 0.628. The summed E-state index contributed by atoms with van der Waals surface area (Å²) in [5, 5.41) is 7.12. The number of allylic oxidation sites excluding steroid dienone is 2. The van der Waals surface area contributed by atoms with E-state index in [1.54, 1.807) is 0 Å². The number of nitrogens with two attached hydrogens (primary N) is 1. The van der Waals surface area contributed by atoms with E-state index in [0.29, 0.717) is 5.92 Å². The molecule has 0 unspecified atom stereocenters. The lowest BCUT2D eigenvalue weighted by atomic mass is 9.85. The molecule has 1 aliphatic carbocycles. The van der Waals surface area contributed by atoms with Crippen LogP contribution in [-0.2, 0) is 4.79 Å². The predicted molar refractivity (Wildman–Crippen MR) is 119 cm³/mol. The highest BCUT2D eigenvalue weighted by Gasteiger charge is 2.38. The second-order valence-electron chi connectivity index (χ2n) is 8.07. The number of alkyl halides is 3. The van der Waals surface area contributed by atoms with Gasteiger partial charge < -0.3 is 15.7 Å². The number of piperidine rings is 1. The zero-order valence-electron chi connectivity index (χ0n) is 17.8. The molecule has 0 bridgehead atoms. The van der Waals surface area contributed by atoms with Gasteiger partial charge in [-0.05, 0) is 79.8 Å². The van der Waals surface area contributed by atoms with Crippen molar-refractivity contribution in [3.63, 3.8) is 0 Å². The van der Waals surface area contributed by atoms with E-state index < -0.39 is 12.1 Å². The van der Waals surface area contributed by atoms with Crippen LogP contribution in [0.2, 0.25) is 0 Å². The van der Waals surface area contributed by atoms with Crippen LogP contribution in [-0.4, -0.2) is 35.3 Å². The molecule has 0 atom stereocenters. The van der Waals surface area contributed by atoms with Crippen LogP contribution in [0, 0.1) is 0 Å². The number of halogens is 3. The first kappa shape index (κ1) is 23.6. The summed E-state index contributed by atoms with van der Waals surface area (Å²) in [6, 6.07) is 12.9. The van der Waals surface area contributed by atoms with Crippen LogP contribution in [0.1, 0.15) is 55.6 Å². The number of carbonyl (C=O) groups is 1. The average molecular weight is 448 g/mol. The van der Waals surface area contributed by atoms with Crippen molar-refractivity contribution in [1.82, 2.24) is 4.98 Å². The number of carboxylic acids is 1. The number of aromatic nitrogens is 1. The monoisotopic (exact) mass is 447 g/mol. The van der Waals surface area contributed by atoms with Gasteiger partial charge in [0.15, 0.2) is 0 Å². The van der Waals surface area contributed by atoms with E-state index in [1.165, 1.54) is 55.2 Å². The number of carboxylic acid groups (broad SMARTS) is 1. The van der Waals surface area contributed by atoms with Crippen molar-refractivity contribution in [2.24, 2.45) is 0 Å². The molecule has 3 N–H and O–H groups in total. The summed E-state index contributed by atoms with van der Waals surface area (Å²) in [6.07, 6.45) is 6.52. The minimum atomic E-state index is -5.08. The third-order valence-electron chi connectivity index (χ3n) is 5.90. The first-order chi connectivity index (χ1) is 15.3. The molecule has 0 saturated carbocycles. The number of benzene rings is 1. The maximum absolute atomic E-state index is 10.6. The molecule has 5 nitrogen and oxygen atoms in total. The van der Waals surface area contributed by atoms with E-state index in [2.05, 4.69) is 46.3 Å². The molecule has 2 aromatic rings. The van der Waals surface area contributed by atoms with Gasteiger partial charge in [0, 0.05) is 30.5 Å². The van der Waals surface area contributed by atoms with E-state index in [0.717, 1.165) is 24.6 Å². The molecule has 2 heterocycles. The summed E-state index contributed by atoms with van der Waals surface area (Å²) < 4.78 is 31.7. The molecule has 1 aliphatic heterocycles. The van der Waals surface area contributed by atoms with E-state index in [9.17, 15) is 13.2 Å². The molecule has 0 amide bonds. The number of hydrogen-bond donors (Lipinski definition) is 2. The molecule has 1 fully saturated rings. The molecule has 0 radical (unpaired) electrons. The Morgan fingerprint density at radius 1 is 1.12 bits per heavy atom. The fraction of sp³-hybridized carbons (Fsp3) is 0.417. The molecule has 0 spiro atoms. The van der Waals surface area contributed by atoms with Crippen LogP contribution in [0.5, 0.6) is 0 Å². The van der Waals surface area contributed by atoms with Crippen molar-refractivity contribution in [3.8, 4) is 0 Å². The zero-order chi connectivity index (χ0) is 23.1. The van der Waals surface area contributed by atoms with Crippen molar-refractivity contribution < 1.29 is 23.1 Å². The van der Waals surface area contributed by atoms with Gasteiger partial charge in [-0.1, -0.05) is 18.2 Å².